The van der Waals surface area contributed by atoms with Crippen LogP contribution in [0.5, 0.6) is 0 Å². The predicted octanol–water partition coefficient (Wildman–Crippen LogP) is 1.03. The first-order chi connectivity index (χ1) is 11.8. The summed E-state index contributed by atoms with van der Waals surface area (Å²) in [5.74, 6) is -0.650. The number of aryl methyl sites for hydroxylation is 1. The van der Waals surface area contributed by atoms with Crippen LogP contribution in [0.15, 0.2) is 36.7 Å². The van der Waals surface area contributed by atoms with E-state index in [4.69, 9.17) is 0 Å². The Labute approximate surface area is 146 Å². The van der Waals surface area contributed by atoms with Gasteiger partial charge in [0.25, 0.3) is 0 Å². The third kappa shape index (κ3) is 5.03. The lowest BCUT2D eigenvalue weighted by molar-refractivity contribution is -0.126. The molecule has 2 unspecified atom stereocenters. The van der Waals surface area contributed by atoms with E-state index in [1.54, 1.807) is 17.9 Å². The first-order valence-electron chi connectivity index (χ1n) is 8.18. The molecule has 1 aliphatic rings. The maximum absolute atomic E-state index is 12.3. The number of allylic oxidation sites excluding steroid dienone is 1. The summed E-state index contributed by atoms with van der Waals surface area (Å²) in [4.78, 5) is 25.5. The number of carbonyl (C=O) groups is 2. The van der Waals surface area contributed by atoms with Gasteiger partial charge in [-0.2, -0.15) is 0 Å². The van der Waals surface area contributed by atoms with Gasteiger partial charge in [-0.3, -0.25) is 9.59 Å². The quantitative estimate of drug-likeness (QED) is 0.754. The van der Waals surface area contributed by atoms with Crippen molar-refractivity contribution in [3.63, 3.8) is 0 Å². The summed E-state index contributed by atoms with van der Waals surface area (Å²) in [5, 5.41) is 13.3. The molecule has 1 aromatic heterocycles. The zero-order valence-electron chi connectivity index (χ0n) is 14.5. The van der Waals surface area contributed by atoms with Crippen LogP contribution in [0, 0.1) is 0 Å². The standard InChI is InChI=1S/C18H24FN3O3/c1-14(20-16(23)4-3-9-19)18(25)8-11-22(13-18)17(24)6-5-15-7-10-21(2)12-15/h3-7,10,12,14,25H,8-9,11,13H2,1-2H3,(H,20,23)/b4-3+,6-5+. The topological polar surface area (TPSA) is 74.6 Å². The molecular weight excluding hydrogens is 325 g/mol. The Balaban J connectivity index is 1.92. The predicted molar refractivity (Wildman–Crippen MR) is 93.3 cm³/mol. The number of rotatable bonds is 6. The number of likely N-dealkylation sites (tertiary alicyclic amines) is 1. The highest BCUT2D eigenvalue weighted by molar-refractivity contribution is 5.92. The highest BCUT2D eigenvalue weighted by Gasteiger charge is 2.42. The summed E-state index contributed by atoms with van der Waals surface area (Å²) in [6, 6.07) is 1.34. The molecule has 1 saturated heterocycles. The van der Waals surface area contributed by atoms with Gasteiger partial charge in [0, 0.05) is 38.1 Å². The van der Waals surface area contributed by atoms with Crippen LogP contribution >= 0.6 is 0 Å². The van der Waals surface area contributed by atoms with Crippen LogP contribution in [0.3, 0.4) is 0 Å². The number of halogens is 1. The van der Waals surface area contributed by atoms with Gasteiger partial charge >= 0.3 is 0 Å². The first-order valence-corrected chi connectivity index (χ1v) is 8.18. The second kappa shape index (κ2) is 8.11. The van der Waals surface area contributed by atoms with Crippen LogP contribution in [0.25, 0.3) is 6.08 Å². The Hall–Kier alpha value is -2.41. The molecule has 2 rings (SSSR count). The summed E-state index contributed by atoms with van der Waals surface area (Å²) in [7, 11) is 1.90. The number of hydrogen-bond donors (Lipinski definition) is 2. The fraction of sp³-hybridized carbons (Fsp3) is 0.444. The van der Waals surface area contributed by atoms with Crippen LogP contribution in [0.4, 0.5) is 4.39 Å². The van der Waals surface area contributed by atoms with Crippen molar-refractivity contribution in [3.8, 4) is 0 Å². The highest BCUT2D eigenvalue weighted by Crippen LogP contribution is 2.25. The summed E-state index contributed by atoms with van der Waals surface area (Å²) >= 11 is 0. The molecule has 0 radical (unpaired) electrons. The molecule has 7 heteroatoms. The number of hydrogen-bond acceptors (Lipinski definition) is 3. The van der Waals surface area contributed by atoms with E-state index in [-0.39, 0.29) is 12.5 Å². The van der Waals surface area contributed by atoms with Gasteiger partial charge in [0.05, 0.1) is 12.6 Å². The Morgan fingerprint density at radius 1 is 1.48 bits per heavy atom. The molecule has 2 atom stereocenters. The van der Waals surface area contributed by atoms with Gasteiger partial charge in [-0.25, -0.2) is 4.39 Å². The number of aromatic nitrogens is 1. The van der Waals surface area contributed by atoms with Gasteiger partial charge in [-0.05, 0) is 37.1 Å². The lowest BCUT2D eigenvalue weighted by Crippen LogP contribution is -2.52. The Bertz CT molecular complexity index is 683. The molecular formula is C18H24FN3O3. The monoisotopic (exact) mass is 349 g/mol. The molecule has 25 heavy (non-hydrogen) atoms. The zero-order chi connectivity index (χ0) is 18.4. The lowest BCUT2D eigenvalue weighted by atomic mass is 9.94. The molecule has 0 aromatic carbocycles. The van der Waals surface area contributed by atoms with E-state index in [2.05, 4.69) is 5.32 Å². The van der Waals surface area contributed by atoms with Gasteiger partial charge in [-0.1, -0.05) is 0 Å². The van der Waals surface area contributed by atoms with E-state index in [1.165, 1.54) is 6.08 Å². The van der Waals surface area contributed by atoms with E-state index >= 15 is 0 Å². The van der Waals surface area contributed by atoms with Crippen molar-refractivity contribution in [1.82, 2.24) is 14.8 Å². The average Bonchev–Trinajstić information content (AvgIpc) is 3.17. The van der Waals surface area contributed by atoms with Crippen LogP contribution < -0.4 is 5.32 Å². The normalized spacial score (nSPS) is 22.0. The number of alkyl halides is 1. The molecule has 2 heterocycles. The number of nitrogens with one attached hydrogen (secondary N) is 1. The molecule has 0 bridgehead atoms. The highest BCUT2D eigenvalue weighted by atomic mass is 19.1. The van der Waals surface area contributed by atoms with Gasteiger partial charge in [-0.15, -0.1) is 0 Å². The van der Waals surface area contributed by atoms with Crippen LogP contribution in [-0.4, -0.2) is 57.8 Å². The Morgan fingerprint density at radius 2 is 2.24 bits per heavy atom. The minimum atomic E-state index is -1.20. The molecule has 136 valence electrons. The van der Waals surface area contributed by atoms with Crippen LogP contribution in [0.1, 0.15) is 18.9 Å². The van der Waals surface area contributed by atoms with Crippen LogP contribution in [0.2, 0.25) is 0 Å². The fourth-order valence-electron chi connectivity index (χ4n) is 2.80. The van der Waals surface area contributed by atoms with Crippen molar-refractivity contribution in [1.29, 1.82) is 0 Å². The summed E-state index contributed by atoms with van der Waals surface area (Å²) in [6.45, 7) is 1.51. The van der Waals surface area contributed by atoms with E-state index in [0.29, 0.717) is 13.0 Å². The van der Waals surface area contributed by atoms with Crippen LogP contribution in [-0.2, 0) is 16.6 Å². The van der Waals surface area contributed by atoms with Gasteiger partial charge in [0.15, 0.2) is 0 Å². The van der Waals surface area contributed by atoms with Crippen molar-refractivity contribution >= 4 is 17.9 Å². The average molecular weight is 349 g/mol. The van der Waals surface area contributed by atoms with Crippen molar-refractivity contribution in [3.05, 3.63) is 42.3 Å². The van der Waals surface area contributed by atoms with Crippen molar-refractivity contribution in [2.24, 2.45) is 7.05 Å². The van der Waals surface area contributed by atoms with Crippen molar-refractivity contribution in [2.75, 3.05) is 19.8 Å². The molecule has 1 aliphatic heterocycles. The van der Waals surface area contributed by atoms with Gasteiger partial charge in [0.1, 0.15) is 12.3 Å². The maximum Gasteiger partial charge on any atom is 0.246 e. The second-order valence-corrected chi connectivity index (χ2v) is 6.34. The molecule has 0 saturated carbocycles. The maximum atomic E-state index is 12.3. The number of nitrogens with zero attached hydrogens (tertiary/aromatic N) is 2. The van der Waals surface area contributed by atoms with E-state index in [9.17, 15) is 19.1 Å². The number of aliphatic hydroxyl groups is 1. The molecule has 2 amide bonds. The van der Waals surface area contributed by atoms with Gasteiger partial charge in [0.2, 0.25) is 11.8 Å². The minimum absolute atomic E-state index is 0.138. The van der Waals surface area contributed by atoms with E-state index < -0.39 is 24.2 Å². The van der Waals surface area contributed by atoms with E-state index in [0.717, 1.165) is 17.7 Å². The minimum Gasteiger partial charge on any atom is -0.386 e. The second-order valence-electron chi connectivity index (χ2n) is 6.34. The van der Waals surface area contributed by atoms with E-state index in [1.807, 2.05) is 30.1 Å². The smallest absolute Gasteiger partial charge is 0.246 e. The third-order valence-electron chi connectivity index (χ3n) is 4.39. The molecule has 1 aromatic rings. The largest absolute Gasteiger partial charge is 0.386 e. The fourth-order valence-corrected chi connectivity index (χ4v) is 2.80. The zero-order valence-corrected chi connectivity index (χ0v) is 14.5. The summed E-state index contributed by atoms with van der Waals surface area (Å²) in [5.41, 5.74) is -0.277. The molecule has 0 aliphatic carbocycles. The van der Waals surface area contributed by atoms with Crippen molar-refractivity contribution < 1.29 is 19.1 Å². The molecule has 2 N–H and O–H groups in total. The summed E-state index contributed by atoms with van der Waals surface area (Å²) in [6.07, 6.45) is 9.56. The first kappa shape index (κ1) is 18.9. The Kier molecular flexibility index (Phi) is 6.14. The SMILES string of the molecule is CC(NC(=O)/C=C/CF)C1(O)CCN(C(=O)/C=C/c2ccn(C)c2)C1. The third-order valence-corrected chi connectivity index (χ3v) is 4.39. The number of carbonyl (C=O) groups excluding carboxylic acids is 2. The van der Waals surface area contributed by atoms with Gasteiger partial charge < -0.3 is 19.9 Å². The molecule has 1 fully saturated rings. The molecule has 6 nitrogen and oxygen atoms in total. The lowest BCUT2D eigenvalue weighted by Gasteiger charge is -2.30. The Morgan fingerprint density at radius 3 is 2.88 bits per heavy atom. The summed E-state index contributed by atoms with van der Waals surface area (Å²) < 4.78 is 13.9. The van der Waals surface area contributed by atoms with Crippen molar-refractivity contribution in [2.45, 2.75) is 25.0 Å². The number of β-amino-alcohol motifs (C(OH)–C–C–N with tert-alkyl or cyclic N) is 1. The number of amides is 2. The molecule has 0 spiro atoms.